The van der Waals surface area contributed by atoms with Crippen molar-refractivity contribution >= 4 is 5.91 Å². The van der Waals surface area contributed by atoms with E-state index in [2.05, 4.69) is 10.5 Å². The highest BCUT2D eigenvalue weighted by atomic mass is 16.7. The number of aromatic nitrogens is 2. The van der Waals surface area contributed by atoms with Crippen molar-refractivity contribution in [2.75, 3.05) is 13.2 Å². The second-order valence-electron chi connectivity index (χ2n) is 3.36. The van der Waals surface area contributed by atoms with E-state index in [9.17, 15) is 4.79 Å². The molecule has 6 nitrogen and oxygen atoms in total. The van der Waals surface area contributed by atoms with Crippen LogP contribution in [0.5, 0.6) is 0 Å². The largest absolute Gasteiger partial charge is 0.379 e. The lowest BCUT2D eigenvalue weighted by atomic mass is 10.3. The molecule has 1 aliphatic rings. The third-order valence-corrected chi connectivity index (χ3v) is 2.11. The summed E-state index contributed by atoms with van der Waals surface area (Å²) in [6.45, 7) is 1.46. The van der Waals surface area contributed by atoms with E-state index in [1.807, 2.05) is 0 Å². The van der Waals surface area contributed by atoms with E-state index in [0.29, 0.717) is 13.2 Å². The van der Waals surface area contributed by atoms with Crippen LogP contribution in [-0.2, 0) is 20.9 Å². The van der Waals surface area contributed by atoms with E-state index in [1.54, 1.807) is 23.3 Å². The minimum atomic E-state index is -0.195. The van der Waals surface area contributed by atoms with Crippen LogP contribution in [-0.4, -0.2) is 34.8 Å². The molecular weight excluding hydrogens is 198 g/mol. The third kappa shape index (κ3) is 3.03. The van der Waals surface area contributed by atoms with E-state index in [0.717, 1.165) is 6.42 Å². The molecule has 2 rings (SSSR count). The maximum atomic E-state index is 11.3. The molecule has 0 bridgehead atoms. The number of hydrogen-bond acceptors (Lipinski definition) is 4. The zero-order valence-corrected chi connectivity index (χ0v) is 8.26. The molecule has 6 heteroatoms. The summed E-state index contributed by atoms with van der Waals surface area (Å²) in [6, 6.07) is 0. The van der Waals surface area contributed by atoms with Gasteiger partial charge in [-0.25, -0.2) is 10.5 Å². The fourth-order valence-electron chi connectivity index (χ4n) is 1.33. The number of ether oxygens (including phenoxy) is 1. The van der Waals surface area contributed by atoms with Crippen LogP contribution in [0.3, 0.4) is 0 Å². The Morgan fingerprint density at radius 2 is 2.67 bits per heavy atom. The average Bonchev–Trinajstić information content (AvgIpc) is 2.86. The minimum Gasteiger partial charge on any atom is -0.379 e. The van der Waals surface area contributed by atoms with E-state index < -0.39 is 0 Å². The maximum absolute atomic E-state index is 11.3. The summed E-state index contributed by atoms with van der Waals surface area (Å²) in [5.41, 5.74) is 2.40. The monoisotopic (exact) mass is 211 g/mol. The number of amides is 1. The van der Waals surface area contributed by atoms with Gasteiger partial charge in [0.25, 0.3) is 5.91 Å². The number of carbonyl (C=O) groups excluding carboxylic acids is 1. The molecule has 2 heterocycles. The van der Waals surface area contributed by atoms with Gasteiger partial charge in [0.2, 0.25) is 0 Å². The van der Waals surface area contributed by atoms with Crippen LogP contribution >= 0.6 is 0 Å². The molecule has 1 atom stereocenters. The molecule has 1 amide bonds. The summed E-state index contributed by atoms with van der Waals surface area (Å²) in [5.74, 6) is -0.195. The fourth-order valence-corrected chi connectivity index (χ4v) is 1.33. The summed E-state index contributed by atoms with van der Waals surface area (Å²) in [4.78, 5) is 20.3. The van der Waals surface area contributed by atoms with E-state index in [-0.39, 0.29) is 18.6 Å². The minimum absolute atomic E-state index is 0.0169. The number of imidazole rings is 1. The van der Waals surface area contributed by atoms with Gasteiger partial charge in [-0.2, -0.15) is 0 Å². The van der Waals surface area contributed by atoms with Crippen LogP contribution in [0.2, 0.25) is 0 Å². The Labute approximate surface area is 87.1 Å². The van der Waals surface area contributed by atoms with Crippen LogP contribution in [0, 0.1) is 0 Å². The first-order valence-electron chi connectivity index (χ1n) is 4.82. The second kappa shape index (κ2) is 4.90. The second-order valence-corrected chi connectivity index (χ2v) is 3.36. The Bertz CT molecular complexity index is 306. The lowest BCUT2D eigenvalue weighted by Crippen LogP contribution is -2.32. The maximum Gasteiger partial charge on any atom is 0.263 e. The lowest BCUT2D eigenvalue weighted by molar-refractivity contribution is -0.139. The van der Waals surface area contributed by atoms with Crippen molar-refractivity contribution in [2.45, 2.75) is 19.1 Å². The average molecular weight is 211 g/mol. The number of carbonyl (C=O) groups is 1. The summed E-state index contributed by atoms with van der Waals surface area (Å²) in [7, 11) is 0. The van der Waals surface area contributed by atoms with Crippen molar-refractivity contribution in [3.05, 3.63) is 18.7 Å². The van der Waals surface area contributed by atoms with Crippen LogP contribution in [0.4, 0.5) is 0 Å². The van der Waals surface area contributed by atoms with Gasteiger partial charge in [0.1, 0.15) is 12.6 Å². The van der Waals surface area contributed by atoms with Gasteiger partial charge in [0.05, 0.1) is 12.9 Å². The smallest absolute Gasteiger partial charge is 0.263 e. The van der Waals surface area contributed by atoms with Crippen molar-refractivity contribution in [3.8, 4) is 0 Å². The van der Waals surface area contributed by atoms with Gasteiger partial charge in [-0.15, -0.1) is 0 Å². The van der Waals surface area contributed by atoms with E-state index in [1.165, 1.54) is 0 Å². The Morgan fingerprint density at radius 1 is 1.73 bits per heavy atom. The number of hydrogen-bond donors (Lipinski definition) is 1. The van der Waals surface area contributed by atoms with Gasteiger partial charge in [0, 0.05) is 25.4 Å². The number of nitrogens with one attached hydrogen (secondary N) is 1. The van der Waals surface area contributed by atoms with Gasteiger partial charge in [-0.05, 0) is 0 Å². The third-order valence-electron chi connectivity index (χ3n) is 2.11. The van der Waals surface area contributed by atoms with Gasteiger partial charge in [0.15, 0.2) is 0 Å². The van der Waals surface area contributed by atoms with E-state index in [4.69, 9.17) is 9.57 Å². The molecule has 82 valence electrons. The molecule has 1 aromatic rings. The summed E-state index contributed by atoms with van der Waals surface area (Å²) >= 11 is 0. The molecule has 0 radical (unpaired) electrons. The van der Waals surface area contributed by atoms with Crippen LogP contribution in [0.15, 0.2) is 18.7 Å². The van der Waals surface area contributed by atoms with Gasteiger partial charge in [-0.3, -0.25) is 9.63 Å². The highest BCUT2D eigenvalue weighted by Gasteiger charge is 2.17. The molecule has 1 unspecified atom stereocenters. The molecule has 0 aromatic carbocycles. The predicted molar refractivity (Wildman–Crippen MR) is 50.7 cm³/mol. The molecular formula is C9H13N3O3. The van der Waals surface area contributed by atoms with Crippen molar-refractivity contribution in [1.82, 2.24) is 15.0 Å². The Morgan fingerprint density at radius 3 is 3.33 bits per heavy atom. The Hall–Kier alpha value is -1.40. The molecule has 1 saturated heterocycles. The lowest BCUT2D eigenvalue weighted by Gasteiger charge is -2.10. The fraction of sp³-hybridized carbons (Fsp3) is 0.556. The van der Waals surface area contributed by atoms with Crippen molar-refractivity contribution in [1.29, 1.82) is 0 Å². The standard InChI is InChI=1S/C9H13N3O3/c13-9(5-12-3-2-10-7-12)11-15-8-1-4-14-6-8/h2-3,7-8H,1,4-6H2,(H,11,13). The highest BCUT2D eigenvalue weighted by Crippen LogP contribution is 2.05. The SMILES string of the molecule is O=C(Cn1ccnc1)NOC1CCOC1. The van der Waals surface area contributed by atoms with Crippen molar-refractivity contribution in [2.24, 2.45) is 0 Å². The number of hydroxylamine groups is 1. The first kappa shape index (κ1) is 10.1. The zero-order valence-electron chi connectivity index (χ0n) is 8.26. The van der Waals surface area contributed by atoms with E-state index >= 15 is 0 Å². The molecule has 0 aliphatic carbocycles. The van der Waals surface area contributed by atoms with Gasteiger partial charge < -0.3 is 9.30 Å². The number of nitrogens with zero attached hydrogens (tertiary/aromatic N) is 2. The first-order chi connectivity index (χ1) is 7.34. The molecule has 15 heavy (non-hydrogen) atoms. The van der Waals surface area contributed by atoms with Crippen LogP contribution < -0.4 is 5.48 Å². The summed E-state index contributed by atoms with van der Waals surface area (Å²) in [6.07, 6.45) is 5.73. The normalized spacial score (nSPS) is 20.4. The molecule has 1 fully saturated rings. The zero-order chi connectivity index (χ0) is 10.5. The van der Waals surface area contributed by atoms with Gasteiger partial charge in [-0.1, -0.05) is 0 Å². The quantitative estimate of drug-likeness (QED) is 0.696. The van der Waals surface area contributed by atoms with Crippen molar-refractivity contribution in [3.63, 3.8) is 0 Å². The molecule has 0 saturated carbocycles. The molecule has 1 aliphatic heterocycles. The highest BCUT2D eigenvalue weighted by molar-refractivity contribution is 5.74. The molecule has 1 aromatic heterocycles. The Kier molecular flexibility index (Phi) is 3.31. The molecule has 0 spiro atoms. The topological polar surface area (TPSA) is 65.4 Å². The Balaban J connectivity index is 1.68. The predicted octanol–water partition coefficient (Wildman–Crippen LogP) is -0.280. The van der Waals surface area contributed by atoms with Crippen LogP contribution in [0.25, 0.3) is 0 Å². The van der Waals surface area contributed by atoms with Gasteiger partial charge >= 0.3 is 0 Å². The first-order valence-corrected chi connectivity index (χ1v) is 4.82. The summed E-state index contributed by atoms with van der Waals surface area (Å²) < 4.78 is 6.77. The van der Waals surface area contributed by atoms with Crippen molar-refractivity contribution < 1.29 is 14.4 Å². The number of rotatable bonds is 4. The summed E-state index contributed by atoms with van der Waals surface area (Å²) in [5, 5.41) is 0. The molecule has 1 N–H and O–H groups in total. The van der Waals surface area contributed by atoms with Crippen LogP contribution in [0.1, 0.15) is 6.42 Å².